The molecule has 0 amide bonds. The van der Waals surface area contributed by atoms with E-state index in [2.05, 4.69) is 4.98 Å². The van der Waals surface area contributed by atoms with Gasteiger partial charge in [0, 0.05) is 28.5 Å². The van der Waals surface area contributed by atoms with Crippen LogP contribution in [0.2, 0.25) is 0 Å². The molecule has 4 heteroatoms. The van der Waals surface area contributed by atoms with Gasteiger partial charge in [0.25, 0.3) is 0 Å². The first-order valence-electron chi connectivity index (χ1n) is 9.51. The summed E-state index contributed by atoms with van der Waals surface area (Å²) in [5, 5.41) is 0.919. The Bertz CT molecular complexity index is 1150. The summed E-state index contributed by atoms with van der Waals surface area (Å²) >= 11 is 0. The zero-order chi connectivity index (χ0) is 20.2. The Morgan fingerprint density at radius 1 is 0.862 bits per heavy atom. The van der Waals surface area contributed by atoms with Gasteiger partial charge in [-0.3, -0.25) is 9.59 Å². The van der Waals surface area contributed by atoms with Crippen molar-refractivity contribution in [1.82, 2.24) is 4.98 Å². The maximum Gasteiger partial charge on any atom is 0.313 e. The van der Waals surface area contributed by atoms with Gasteiger partial charge in [-0.25, -0.2) is 0 Å². The lowest BCUT2D eigenvalue weighted by atomic mass is 9.88. The van der Waals surface area contributed by atoms with Crippen LogP contribution in [-0.4, -0.2) is 23.8 Å². The second-order valence-corrected chi connectivity index (χ2v) is 6.89. The molecular weight excluding hydrogens is 362 g/mol. The van der Waals surface area contributed by atoms with Gasteiger partial charge in [0.1, 0.15) is 0 Å². The first-order chi connectivity index (χ1) is 14.2. The Hall–Kier alpha value is -3.66. The van der Waals surface area contributed by atoms with E-state index in [1.165, 1.54) is 7.11 Å². The monoisotopic (exact) mass is 383 g/mol. The summed E-state index contributed by atoms with van der Waals surface area (Å²) in [6.07, 6.45) is 0.0400. The number of aromatic nitrogens is 1. The van der Waals surface area contributed by atoms with Crippen molar-refractivity contribution < 1.29 is 14.3 Å². The molecule has 1 aromatic heterocycles. The summed E-state index contributed by atoms with van der Waals surface area (Å²) in [4.78, 5) is 29.2. The Labute approximate surface area is 169 Å². The van der Waals surface area contributed by atoms with Crippen LogP contribution >= 0.6 is 0 Å². The van der Waals surface area contributed by atoms with Crippen LogP contribution in [0, 0.1) is 0 Å². The van der Waals surface area contributed by atoms with Crippen LogP contribution in [0.25, 0.3) is 22.2 Å². The fourth-order valence-electron chi connectivity index (χ4n) is 3.73. The molecule has 0 saturated carbocycles. The number of esters is 1. The minimum absolute atomic E-state index is 0.0400. The van der Waals surface area contributed by atoms with Crippen LogP contribution in [0.1, 0.15) is 28.3 Å². The molecule has 0 bridgehead atoms. The molecule has 4 nitrogen and oxygen atoms in total. The highest BCUT2D eigenvalue weighted by Crippen LogP contribution is 2.38. The Kier molecular flexibility index (Phi) is 5.25. The van der Waals surface area contributed by atoms with Gasteiger partial charge < -0.3 is 9.72 Å². The van der Waals surface area contributed by atoms with Gasteiger partial charge in [-0.1, -0.05) is 78.9 Å². The molecule has 0 aliphatic heterocycles. The molecule has 0 radical (unpaired) electrons. The maximum absolute atomic E-state index is 12.9. The lowest BCUT2D eigenvalue weighted by Crippen LogP contribution is -2.19. The number of ether oxygens (including phenoxy) is 1. The van der Waals surface area contributed by atoms with Crippen LogP contribution in [0.3, 0.4) is 0 Å². The summed E-state index contributed by atoms with van der Waals surface area (Å²) < 4.78 is 5.11. The van der Waals surface area contributed by atoms with Crippen LogP contribution in [0.15, 0.2) is 84.9 Å². The van der Waals surface area contributed by atoms with Crippen molar-refractivity contribution in [1.29, 1.82) is 0 Å². The third-order valence-electron chi connectivity index (χ3n) is 5.13. The van der Waals surface area contributed by atoms with Crippen LogP contribution in [0.5, 0.6) is 0 Å². The smallest absolute Gasteiger partial charge is 0.313 e. The van der Waals surface area contributed by atoms with E-state index in [0.29, 0.717) is 5.56 Å². The van der Waals surface area contributed by atoms with E-state index in [9.17, 15) is 9.59 Å². The minimum Gasteiger partial charge on any atom is -0.469 e. The number of para-hydroxylation sites is 1. The predicted octanol–water partition coefficient (Wildman–Crippen LogP) is 5.36. The number of ketones is 1. The van der Waals surface area contributed by atoms with Crippen molar-refractivity contribution in [2.24, 2.45) is 0 Å². The van der Waals surface area contributed by atoms with Gasteiger partial charge in [-0.05, 0) is 11.6 Å². The number of carbonyl (C=O) groups excluding carboxylic acids is 2. The van der Waals surface area contributed by atoms with E-state index < -0.39 is 11.9 Å². The molecule has 0 unspecified atom stereocenters. The Morgan fingerprint density at radius 3 is 2.17 bits per heavy atom. The Balaban J connectivity index is 1.86. The number of fused-ring (bicyclic) bond motifs is 1. The second-order valence-electron chi connectivity index (χ2n) is 6.89. The molecule has 0 saturated heterocycles. The van der Waals surface area contributed by atoms with E-state index in [-0.39, 0.29) is 12.2 Å². The highest BCUT2D eigenvalue weighted by atomic mass is 16.5. The van der Waals surface area contributed by atoms with Gasteiger partial charge in [-0.15, -0.1) is 0 Å². The predicted molar refractivity (Wildman–Crippen MR) is 114 cm³/mol. The quantitative estimate of drug-likeness (QED) is 0.360. The van der Waals surface area contributed by atoms with Crippen LogP contribution < -0.4 is 0 Å². The first-order valence-corrected chi connectivity index (χ1v) is 9.51. The lowest BCUT2D eigenvalue weighted by Gasteiger charge is -2.16. The van der Waals surface area contributed by atoms with Crippen LogP contribution in [-0.2, 0) is 9.53 Å². The topological polar surface area (TPSA) is 59.2 Å². The standard InChI is InChI=1S/C25H21NO3/c1-29-25(28)20(16-22(27)17-10-4-2-5-11-17)23-19-14-8-9-15-21(19)26-24(23)18-12-6-3-7-13-18/h2-15,20,26H,16H2,1H3/t20-/m0/s1. The van der Waals surface area contributed by atoms with Gasteiger partial charge in [-0.2, -0.15) is 0 Å². The van der Waals surface area contributed by atoms with Crippen molar-refractivity contribution in [2.75, 3.05) is 7.11 Å². The summed E-state index contributed by atoms with van der Waals surface area (Å²) in [5.41, 5.74) is 4.09. The zero-order valence-corrected chi connectivity index (χ0v) is 16.1. The number of nitrogens with one attached hydrogen (secondary N) is 1. The minimum atomic E-state index is -0.709. The molecule has 4 rings (SSSR count). The average Bonchev–Trinajstić information content (AvgIpc) is 3.17. The number of hydrogen-bond donors (Lipinski definition) is 1. The fraction of sp³-hybridized carbons (Fsp3) is 0.120. The molecule has 4 aromatic rings. The van der Waals surface area contributed by atoms with Gasteiger partial charge >= 0.3 is 5.97 Å². The molecule has 1 atom stereocenters. The number of rotatable bonds is 6. The van der Waals surface area contributed by atoms with E-state index >= 15 is 0 Å². The summed E-state index contributed by atoms with van der Waals surface area (Å²) in [6, 6.07) is 26.7. The van der Waals surface area contributed by atoms with Gasteiger partial charge in [0.15, 0.2) is 5.78 Å². The number of H-pyrrole nitrogens is 1. The van der Waals surface area contributed by atoms with Crippen molar-refractivity contribution in [3.05, 3.63) is 96.1 Å². The summed E-state index contributed by atoms with van der Waals surface area (Å²) in [5.74, 6) is -1.22. The second kappa shape index (κ2) is 8.15. The number of methoxy groups -OCH3 is 1. The molecule has 0 aliphatic carbocycles. The van der Waals surface area contributed by atoms with E-state index in [4.69, 9.17) is 4.74 Å². The molecule has 1 N–H and O–H groups in total. The van der Waals surface area contributed by atoms with Crippen molar-refractivity contribution in [3.63, 3.8) is 0 Å². The molecule has 3 aromatic carbocycles. The number of aromatic amines is 1. The largest absolute Gasteiger partial charge is 0.469 e. The highest BCUT2D eigenvalue weighted by molar-refractivity contribution is 6.02. The fourth-order valence-corrected chi connectivity index (χ4v) is 3.73. The molecule has 0 aliphatic rings. The molecular formula is C25H21NO3. The molecule has 144 valence electrons. The van der Waals surface area contributed by atoms with E-state index in [1.54, 1.807) is 12.1 Å². The van der Waals surface area contributed by atoms with Gasteiger partial charge in [0.2, 0.25) is 0 Å². The van der Waals surface area contributed by atoms with Crippen molar-refractivity contribution >= 4 is 22.7 Å². The normalized spacial score (nSPS) is 11.9. The number of Topliss-reactive ketones (excluding diaryl/α,β-unsaturated/α-hetero) is 1. The molecule has 1 heterocycles. The third kappa shape index (κ3) is 3.69. The molecule has 0 fully saturated rings. The SMILES string of the molecule is COC(=O)[C@@H](CC(=O)c1ccccc1)c1c(-c2ccccc2)[nH]c2ccccc12. The Morgan fingerprint density at radius 2 is 1.48 bits per heavy atom. The summed E-state index contributed by atoms with van der Waals surface area (Å²) in [7, 11) is 1.36. The van der Waals surface area contributed by atoms with E-state index in [0.717, 1.165) is 27.7 Å². The molecule has 0 spiro atoms. The highest BCUT2D eigenvalue weighted by Gasteiger charge is 2.30. The van der Waals surface area contributed by atoms with E-state index in [1.807, 2.05) is 72.8 Å². The lowest BCUT2D eigenvalue weighted by molar-refractivity contribution is -0.142. The van der Waals surface area contributed by atoms with Crippen molar-refractivity contribution in [2.45, 2.75) is 12.3 Å². The number of hydrogen-bond acceptors (Lipinski definition) is 3. The number of benzene rings is 3. The first kappa shape index (κ1) is 18.7. The third-order valence-corrected chi connectivity index (χ3v) is 5.13. The maximum atomic E-state index is 12.9. The number of carbonyl (C=O) groups is 2. The summed E-state index contributed by atoms with van der Waals surface area (Å²) in [6.45, 7) is 0. The zero-order valence-electron chi connectivity index (χ0n) is 16.1. The molecule has 29 heavy (non-hydrogen) atoms. The van der Waals surface area contributed by atoms with Crippen LogP contribution in [0.4, 0.5) is 0 Å². The van der Waals surface area contributed by atoms with Crippen molar-refractivity contribution in [3.8, 4) is 11.3 Å². The van der Waals surface area contributed by atoms with Gasteiger partial charge in [0.05, 0.1) is 18.7 Å². The average molecular weight is 383 g/mol.